The number of benzene rings is 1. The van der Waals surface area contributed by atoms with Gasteiger partial charge in [-0.3, -0.25) is 4.79 Å². The first-order valence-electron chi connectivity index (χ1n) is 8.62. The zero-order chi connectivity index (χ0) is 17.8. The molecule has 4 rings (SSSR count). The van der Waals surface area contributed by atoms with Gasteiger partial charge in [0.05, 0.1) is 12.2 Å². The maximum absolute atomic E-state index is 12.2. The second-order valence-electron chi connectivity index (χ2n) is 6.20. The van der Waals surface area contributed by atoms with Crippen molar-refractivity contribution < 1.29 is 13.9 Å². The predicted octanol–water partition coefficient (Wildman–Crippen LogP) is 3.07. The fourth-order valence-electron chi connectivity index (χ4n) is 3.17. The van der Waals surface area contributed by atoms with Crippen LogP contribution in [0, 0.1) is 0 Å². The van der Waals surface area contributed by atoms with E-state index in [1.165, 1.54) is 19.2 Å². The second kappa shape index (κ2) is 7.38. The Labute approximate surface area is 150 Å². The number of aromatic nitrogens is 4. The Kier molecular flexibility index (Phi) is 4.63. The molecule has 26 heavy (non-hydrogen) atoms. The van der Waals surface area contributed by atoms with Crippen LogP contribution in [-0.4, -0.2) is 32.5 Å². The first kappa shape index (κ1) is 16.3. The minimum absolute atomic E-state index is 0.0737. The van der Waals surface area contributed by atoms with Crippen LogP contribution in [0.3, 0.4) is 0 Å². The van der Waals surface area contributed by atoms with Crippen LogP contribution in [0.4, 0.5) is 5.82 Å². The zero-order valence-electron chi connectivity index (χ0n) is 14.2. The summed E-state index contributed by atoms with van der Waals surface area (Å²) in [5.41, 5.74) is 0.791. The number of ether oxygens (including phenoxy) is 1. The van der Waals surface area contributed by atoms with Crippen LogP contribution in [0.1, 0.15) is 31.7 Å². The Morgan fingerprint density at radius 1 is 1.23 bits per heavy atom. The Morgan fingerprint density at radius 2 is 2.04 bits per heavy atom. The quantitative estimate of drug-likeness (QED) is 0.732. The van der Waals surface area contributed by atoms with E-state index in [9.17, 15) is 4.79 Å². The number of amides is 1. The third kappa shape index (κ3) is 3.58. The Balaban J connectivity index is 1.32. The maximum atomic E-state index is 12.2. The number of carbonyl (C=O) groups excluding carboxylic acids is 1. The van der Waals surface area contributed by atoms with E-state index in [2.05, 4.69) is 20.6 Å². The highest BCUT2D eigenvalue weighted by Crippen LogP contribution is 2.31. The molecule has 0 bridgehead atoms. The van der Waals surface area contributed by atoms with Crippen molar-refractivity contribution in [3.8, 4) is 17.2 Å². The van der Waals surface area contributed by atoms with Gasteiger partial charge in [0.25, 0.3) is 5.91 Å². The van der Waals surface area contributed by atoms with Crippen molar-refractivity contribution in [2.24, 2.45) is 0 Å². The van der Waals surface area contributed by atoms with E-state index in [0.717, 1.165) is 24.2 Å². The topological polar surface area (TPSA) is 95.1 Å². The summed E-state index contributed by atoms with van der Waals surface area (Å²) in [7, 11) is 0. The van der Waals surface area contributed by atoms with E-state index in [1.807, 2.05) is 10.7 Å². The first-order valence-corrected chi connectivity index (χ1v) is 8.62. The van der Waals surface area contributed by atoms with E-state index in [4.69, 9.17) is 9.15 Å². The molecule has 0 unspecified atom stereocenters. The largest absolute Gasteiger partial charge is 0.484 e. The minimum atomic E-state index is -0.217. The average Bonchev–Trinajstić information content (AvgIpc) is 3.41. The van der Waals surface area contributed by atoms with Gasteiger partial charge in [-0.25, -0.2) is 4.68 Å². The summed E-state index contributed by atoms with van der Waals surface area (Å²) in [6, 6.07) is 9.31. The summed E-state index contributed by atoms with van der Waals surface area (Å²) in [5.74, 6) is 1.53. The van der Waals surface area contributed by atoms with Gasteiger partial charge in [-0.1, -0.05) is 12.8 Å². The molecule has 2 heterocycles. The molecule has 2 aromatic heterocycles. The van der Waals surface area contributed by atoms with E-state index in [-0.39, 0.29) is 12.5 Å². The zero-order valence-corrected chi connectivity index (χ0v) is 14.2. The molecule has 1 aliphatic rings. The Bertz CT molecular complexity index is 851. The number of hydrogen-bond donors (Lipinski definition) is 1. The molecule has 1 saturated carbocycles. The molecule has 0 spiro atoms. The Hall–Kier alpha value is -3.16. The van der Waals surface area contributed by atoms with Crippen LogP contribution in [0.5, 0.6) is 5.75 Å². The molecular formula is C18H19N5O3. The van der Waals surface area contributed by atoms with Crippen LogP contribution in [0.25, 0.3) is 11.5 Å². The number of nitrogens with one attached hydrogen (secondary N) is 1. The van der Waals surface area contributed by atoms with Gasteiger partial charge in [-0.2, -0.15) is 5.10 Å². The molecule has 1 N–H and O–H groups in total. The van der Waals surface area contributed by atoms with Gasteiger partial charge in [0.15, 0.2) is 6.61 Å². The molecule has 1 amide bonds. The average molecular weight is 353 g/mol. The molecule has 8 nitrogen and oxygen atoms in total. The third-order valence-corrected chi connectivity index (χ3v) is 4.44. The highest BCUT2D eigenvalue weighted by Gasteiger charge is 2.20. The lowest BCUT2D eigenvalue weighted by atomic mass is 10.2. The van der Waals surface area contributed by atoms with Crippen molar-refractivity contribution in [2.75, 3.05) is 11.9 Å². The maximum Gasteiger partial charge on any atom is 0.263 e. The normalized spacial score (nSPS) is 14.5. The molecule has 1 fully saturated rings. The lowest BCUT2D eigenvalue weighted by Gasteiger charge is -2.14. The molecule has 0 radical (unpaired) electrons. The van der Waals surface area contributed by atoms with Crippen LogP contribution in [0.2, 0.25) is 0 Å². The van der Waals surface area contributed by atoms with E-state index in [0.29, 0.717) is 17.7 Å². The molecule has 0 saturated heterocycles. The van der Waals surface area contributed by atoms with Crippen molar-refractivity contribution in [3.05, 3.63) is 42.9 Å². The lowest BCUT2D eigenvalue weighted by Crippen LogP contribution is -2.23. The summed E-state index contributed by atoms with van der Waals surface area (Å²) in [5, 5.41) is 14.7. The summed E-state index contributed by atoms with van der Waals surface area (Å²) in [6.45, 7) is -0.0737. The smallest absolute Gasteiger partial charge is 0.263 e. The van der Waals surface area contributed by atoms with Crippen LogP contribution < -0.4 is 10.1 Å². The fraction of sp³-hybridized carbons (Fsp3) is 0.333. The van der Waals surface area contributed by atoms with Crippen LogP contribution in [0.15, 0.2) is 47.3 Å². The van der Waals surface area contributed by atoms with Crippen LogP contribution >= 0.6 is 0 Å². The van der Waals surface area contributed by atoms with E-state index in [1.54, 1.807) is 30.5 Å². The summed E-state index contributed by atoms with van der Waals surface area (Å²) in [6.07, 6.45) is 7.62. The molecular weight excluding hydrogens is 334 g/mol. The van der Waals surface area contributed by atoms with Gasteiger partial charge in [0.2, 0.25) is 12.3 Å². The molecule has 1 aromatic carbocycles. The summed E-state index contributed by atoms with van der Waals surface area (Å²) >= 11 is 0. The molecule has 3 aromatic rings. The van der Waals surface area contributed by atoms with Gasteiger partial charge in [-0.15, -0.1) is 10.2 Å². The highest BCUT2D eigenvalue weighted by atomic mass is 16.5. The number of rotatable bonds is 6. The second-order valence-corrected chi connectivity index (χ2v) is 6.20. The standard InChI is InChI=1S/C18H19N5O3/c24-17(21-16-9-10-20-23(16)14-3-1-2-4-14)11-25-15-7-5-13(6-8-15)18-22-19-12-26-18/h5-10,12,14H,1-4,11H2,(H,21,24). The van der Waals surface area contributed by atoms with Crippen molar-refractivity contribution in [2.45, 2.75) is 31.7 Å². The molecule has 8 heteroatoms. The molecule has 134 valence electrons. The summed E-state index contributed by atoms with van der Waals surface area (Å²) < 4.78 is 12.6. The highest BCUT2D eigenvalue weighted by molar-refractivity contribution is 5.91. The van der Waals surface area contributed by atoms with Crippen molar-refractivity contribution in [3.63, 3.8) is 0 Å². The van der Waals surface area contributed by atoms with E-state index < -0.39 is 0 Å². The van der Waals surface area contributed by atoms with Gasteiger partial charge < -0.3 is 14.5 Å². The van der Waals surface area contributed by atoms with Gasteiger partial charge in [-0.05, 0) is 37.1 Å². The molecule has 1 aliphatic carbocycles. The van der Waals surface area contributed by atoms with Crippen molar-refractivity contribution in [1.29, 1.82) is 0 Å². The third-order valence-electron chi connectivity index (χ3n) is 4.44. The molecule has 0 atom stereocenters. The van der Waals surface area contributed by atoms with Gasteiger partial charge in [0, 0.05) is 11.6 Å². The molecule has 0 aliphatic heterocycles. The van der Waals surface area contributed by atoms with Crippen molar-refractivity contribution >= 4 is 11.7 Å². The fourth-order valence-corrected chi connectivity index (χ4v) is 3.17. The van der Waals surface area contributed by atoms with Gasteiger partial charge in [0.1, 0.15) is 11.6 Å². The number of carbonyl (C=O) groups is 1. The number of nitrogens with zero attached hydrogens (tertiary/aromatic N) is 4. The SMILES string of the molecule is O=C(COc1ccc(-c2nnco2)cc1)Nc1ccnn1C1CCCC1. The predicted molar refractivity (Wildman–Crippen MR) is 93.6 cm³/mol. The van der Waals surface area contributed by atoms with Crippen molar-refractivity contribution in [1.82, 2.24) is 20.0 Å². The Morgan fingerprint density at radius 3 is 2.77 bits per heavy atom. The monoisotopic (exact) mass is 353 g/mol. The number of anilines is 1. The summed E-state index contributed by atoms with van der Waals surface area (Å²) in [4.78, 5) is 12.2. The lowest BCUT2D eigenvalue weighted by molar-refractivity contribution is -0.118. The first-order chi connectivity index (χ1) is 12.8. The van der Waals surface area contributed by atoms with Crippen LogP contribution in [-0.2, 0) is 4.79 Å². The van der Waals surface area contributed by atoms with E-state index >= 15 is 0 Å². The minimum Gasteiger partial charge on any atom is -0.484 e. The number of hydrogen-bond acceptors (Lipinski definition) is 6. The van der Waals surface area contributed by atoms with Gasteiger partial charge >= 0.3 is 0 Å².